The maximum absolute atomic E-state index is 11.5. The van der Waals surface area contributed by atoms with Crippen LogP contribution in [0.15, 0.2) is 0 Å². The molecule has 0 aliphatic carbocycles. The number of carbonyl (C=O) groups excluding carboxylic acids is 1. The first kappa shape index (κ1) is 11.1. The van der Waals surface area contributed by atoms with Gasteiger partial charge in [-0.25, -0.2) is 4.79 Å². The molecule has 2 atom stereocenters. The number of aliphatic carboxylic acids is 1. The molecule has 0 spiro atoms. The third-order valence-electron chi connectivity index (χ3n) is 2.37. The molecule has 0 radical (unpaired) electrons. The fourth-order valence-electron chi connectivity index (χ4n) is 1.59. The molecule has 4 heteroatoms. The summed E-state index contributed by atoms with van der Waals surface area (Å²) < 4.78 is 0. The van der Waals surface area contributed by atoms with E-state index in [1.54, 1.807) is 0 Å². The van der Waals surface area contributed by atoms with Gasteiger partial charge in [-0.2, -0.15) is 0 Å². The van der Waals surface area contributed by atoms with Gasteiger partial charge in [0.05, 0.1) is 0 Å². The second-order valence-electron chi connectivity index (χ2n) is 3.38. The van der Waals surface area contributed by atoms with Crippen LogP contribution in [0, 0.1) is 30.6 Å². The number of hydrogen-bond acceptors (Lipinski definition) is 2. The normalized spacial score (nSPS) is 21.9. The van der Waals surface area contributed by atoms with E-state index in [4.69, 9.17) is 18.0 Å². The zero-order valence-corrected chi connectivity index (χ0v) is 8.14. The van der Waals surface area contributed by atoms with Gasteiger partial charge in [-0.05, 0) is 0 Å². The minimum atomic E-state index is -1.08. The molecular formula is C11H11NO3. The Morgan fingerprint density at radius 2 is 2.33 bits per heavy atom. The molecule has 0 aromatic heterocycles. The summed E-state index contributed by atoms with van der Waals surface area (Å²) in [6.07, 6.45) is 10.5. The highest BCUT2D eigenvalue weighted by Gasteiger charge is 2.36. The molecule has 0 aromatic carbocycles. The summed E-state index contributed by atoms with van der Waals surface area (Å²) in [5, 5.41) is 8.90. The molecule has 0 saturated carbocycles. The lowest BCUT2D eigenvalue weighted by atomic mass is 10.1. The second kappa shape index (κ2) is 4.52. The van der Waals surface area contributed by atoms with Crippen LogP contribution < -0.4 is 0 Å². The molecule has 15 heavy (non-hydrogen) atoms. The lowest BCUT2D eigenvalue weighted by Crippen LogP contribution is -2.42. The van der Waals surface area contributed by atoms with Gasteiger partial charge in [0.2, 0.25) is 5.91 Å². The SMILES string of the molecule is C#CC[C@@H](C(=O)O)N1CC(C#C)CC1=O. The number of rotatable bonds is 3. The van der Waals surface area contributed by atoms with Crippen LogP contribution in [0.3, 0.4) is 0 Å². The molecule has 1 unspecified atom stereocenters. The summed E-state index contributed by atoms with van der Waals surface area (Å²) in [5.41, 5.74) is 0. The van der Waals surface area contributed by atoms with Crippen LogP contribution in [0.5, 0.6) is 0 Å². The van der Waals surface area contributed by atoms with Gasteiger partial charge in [-0.15, -0.1) is 24.7 Å². The molecule has 1 rings (SSSR count). The first-order chi connectivity index (χ1) is 7.10. The summed E-state index contributed by atoms with van der Waals surface area (Å²) in [7, 11) is 0. The monoisotopic (exact) mass is 205 g/mol. The van der Waals surface area contributed by atoms with Gasteiger partial charge >= 0.3 is 5.97 Å². The molecule has 1 saturated heterocycles. The fourth-order valence-corrected chi connectivity index (χ4v) is 1.59. The summed E-state index contributed by atoms with van der Waals surface area (Å²) in [5.74, 6) is 3.19. The van der Waals surface area contributed by atoms with Crippen molar-refractivity contribution in [1.29, 1.82) is 0 Å². The van der Waals surface area contributed by atoms with E-state index in [0.717, 1.165) is 0 Å². The number of likely N-dealkylation sites (tertiary alicyclic amines) is 1. The smallest absolute Gasteiger partial charge is 0.327 e. The zero-order valence-electron chi connectivity index (χ0n) is 8.14. The van der Waals surface area contributed by atoms with E-state index < -0.39 is 12.0 Å². The topological polar surface area (TPSA) is 57.6 Å². The van der Waals surface area contributed by atoms with E-state index >= 15 is 0 Å². The van der Waals surface area contributed by atoms with Crippen molar-refractivity contribution in [3.63, 3.8) is 0 Å². The molecule has 0 aromatic rings. The van der Waals surface area contributed by atoms with Gasteiger partial charge in [-0.3, -0.25) is 4.79 Å². The molecule has 1 heterocycles. The maximum Gasteiger partial charge on any atom is 0.327 e. The van der Waals surface area contributed by atoms with E-state index in [1.165, 1.54) is 4.90 Å². The van der Waals surface area contributed by atoms with Crippen molar-refractivity contribution in [3.8, 4) is 24.7 Å². The third-order valence-corrected chi connectivity index (χ3v) is 2.37. The first-order valence-electron chi connectivity index (χ1n) is 4.52. The largest absolute Gasteiger partial charge is 0.480 e. The Morgan fingerprint density at radius 1 is 1.67 bits per heavy atom. The summed E-state index contributed by atoms with van der Waals surface area (Å²) in [6, 6.07) is -0.944. The highest BCUT2D eigenvalue weighted by molar-refractivity contribution is 5.85. The van der Waals surface area contributed by atoms with Crippen molar-refractivity contribution in [2.24, 2.45) is 5.92 Å². The van der Waals surface area contributed by atoms with Crippen molar-refractivity contribution >= 4 is 11.9 Å². The minimum absolute atomic E-state index is 0.0123. The van der Waals surface area contributed by atoms with E-state index in [0.29, 0.717) is 0 Å². The van der Waals surface area contributed by atoms with E-state index in [-0.39, 0.29) is 31.2 Å². The molecule has 1 aliphatic rings. The summed E-state index contributed by atoms with van der Waals surface area (Å²) in [6.45, 7) is 0.286. The van der Waals surface area contributed by atoms with Crippen molar-refractivity contribution in [3.05, 3.63) is 0 Å². The molecular weight excluding hydrogens is 194 g/mol. The first-order valence-corrected chi connectivity index (χ1v) is 4.52. The minimum Gasteiger partial charge on any atom is -0.480 e. The Bertz CT molecular complexity index is 361. The van der Waals surface area contributed by atoms with Crippen LogP contribution in [-0.2, 0) is 9.59 Å². The van der Waals surface area contributed by atoms with Crippen molar-refractivity contribution < 1.29 is 14.7 Å². The zero-order chi connectivity index (χ0) is 11.4. The van der Waals surface area contributed by atoms with Crippen LogP contribution in [0.2, 0.25) is 0 Å². The molecule has 78 valence electrons. The summed E-state index contributed by atoms with van der Waals surface area (Å²) >= 11 is 0. The molecule has 1 N–H and O–H groups in total. The van der Waals surface area contributed by atoms with Crippen LogP contribution in [0.25, 0.3) is 0 Å². The number of nitrogens with zero attached hydrogens (tertiary/aromatic N) is 1. The lowest BCUT2D eigenvalue weighted by Gasteiger charge is -2.22. The summed E-state index contributed by atoms with van der Waals surface area (Å²) in [4.78, 5) is 23.6. The maximum atomic E-state index is 11.5. The Hall–Kier alpha value is -1.94. The average molecular weight is 205 g/mol. The number of hydrogen-bond donors (Lipinski definition) is 1. The number of amides is 1. The fraction of sp³-hybridized carbons (Fsp3) is 0.455. The Labute approximate surface area is 88.3 Å². The molecule has 1 amide bonds. The van der Waals surface area contributed by atoms with Crippen molar-refractivity contribution in [2.45, 2.75) is 18.9 Å². The van der Waals surface area contributed by atoms with Crippen molar-refractivity contribution in [1.82, 2.24) is 4.90 Å². The predicted molar refractivity (Wildman–Crippen MR) is 53.5 cm³/mol. The van der Waals surface area contributed by atoms with Crippen LogP contribution >= 0.6 is 0 Å². The Morgan fingerprint density at radius 3 is 2.73 bits per heavy atom. The van der Waals surface area contributed by atoms with Gasteiger partial charge in [0.25, 0.3) is 0 Å². The molecule has 4 nitrogen and oxygen atoms in total. The van der Waals surface area contributed by atoms with Crippen molar-refractivity contribution in [2.75, 3.05) is 6.54 Å². The Kier molecular flexibility index (Phi) is 3.36. The van der Waals surface area contributed by atoms with Gasteiger partial charge in [0, 0.05) is 25.3 Å². The van der Waals surface area contributed by atoms with Crippen LogP contribution in [0.1, 0.15) is 12.8 Å². The van der Waals surface area contributed by atoms with Gasteiger partial charge in [-0.1, -0.05) is 0 Å². The standard InChI is InChI=1S/C11H11NO3/c1-3-5-9(11(14)15)12-7-8(4-2)6-10(12)13/h1-2,8-9H,5-7H2,(H,14,15)/t8?,9-/m0/s1. The van der Waals surface area contributed by atoms with Gasteiger partial charge in [0.15, 0.2) is 0 Å². The number of carbonyl (C=O) groups is 2. The third kappa shape index (κ3) is 2.30. The quantitative estimate of drug-likeness (QED) is 0.657. The van der Waals surface area contributed by atoms with Crippen LogP contribution in [0.4, 0.5) is 0 Å². The molecule has 0 bridgehead atoms. The molecule has 1 aliphatic heterocycles. The predicted octanol–water partition coefficient (Wildman–Crippen LogP) is -0.0554. The van der Waals surface area contributed by atoms with E-state index in [2.05, 4.69) is 11.8 Å². The van der Waals surface area contributed by atoms with Crippen LogP contribution in [-0.4, -0.2) is 34.5 Å². The number of carboxylic acid groups (broad SMARTS) is 1. The van der Waals surface area contributed by atoms with Gasteiger partial charge < -0.3 is 10.0 Å². The Balaban J connectivity index is 2.79. The van der Waals surface area contributed by atoms with E-state index in [1.807, 2.05) is 0 Å². The van der Waals surface area contributed by atoms with Gasteiger partial charge in [0.1, 0.15) is 6.04 Å². The highest BCUT2D eigenvalue weighted by Crippen LogP contribution is 2.20. The molecule has 1 fully saturated rings. The van der Waals surface area contributed by atoms with E-state index in [9.17, 15) is 9.59 Å². The average Bonchev–Trinajstić information content (AvgIpc) is 2.55. The lowest BCUT2D eigenvalue weighted by molar-refractivity contribution is -0.148. The second-order valence-corrected chi connectivity index (χ2v) is 3.38. The highest BCUT2D eigenvalue weighted by atomic mass is 16.4. The number of terminal acetylenes is 2. The number of carboxylic acids is 1.